The zero-order valence-corrected chi connectivity index (χ0v) is 8.77. The van der Waals surface area contributed by atoms with E-state index in [1.165, 1.54) is 0 Å². The molecule has 1 rings (SSSR count). The third kappa shape index (κ3) is 5.33. The van der Waals surface area contributed by atoms with Gasteiger partial charge >= 0.3 is 6.36 Å². The van der Waals surface area contributed by atoms with E-state index in [4.69, 9.17) is 0 Å². The zero-order chi connectivity index (χ0) is 11.7. The van der Waals surface area contributed by atoms with Crippen LogP contribution in [0.3, 0.4) is 0 Å². The zero-order valence-electron chi connectivity index (χ0n) is 7.95. The van der Waals surface area contributed by atoms with E-state index in [0.29, 0.717) is 0 Å². The standard InChI is InChI=1S/C7H11F3O4S/c1-15(11,12)14-6-3-2-5(4-6)13-7(8,9)10/h5-6H,2-4H2,1H3. The minimum absolute atomic E-state index is 0.0490. The van der Waals surface area contributed by atoms with Crippen molar-refractivity contribution in [2.24, 2.45) is 0 Å². The van der Waals surface area contributed by atoms with Crippen LogP contribution in [0.2, 0.25) is 0 Å². The Hall–Kier alpha value is -0.340. The van der Waals surface area contributed by atoms with E-state index in [2.05, 4.69) is 8.92 Å². The monoisotopic (exact) mass is 248 g/mol. The molecule has 2 unspecified atom stereocenters. The van der Waals surface area contributed by atoms with E-state index >= 15 is 0 Å². The van der Waals surface area contributed by atoms with Crippen LogP contribution < -0.4 is 0 Å². The second-order valence-electron chi connectivity index (χ2n) is 3.42. The lowest BCUT2D eigenvalue weighted by atomic mass is 10.3. The molecule has 0 aliphatic heterocycles. The maximum absolute atomic E-state index is 11.8. The van der Waals surface area contributed by atoms with Gasteiger partial charge in [0.25, 0.3) is 10.1 Å². The highest BCUT2D eigenvalue weighted by Crippen LogP contribution is 2.30. The lowest BCUT2D eigenvalue weighted by molar-refractivity contribution is -0.341. The molecule has 1 saturated carbocycles. The van der Waals surface area contributed by atoms with Crippen LogP contribution >= 0.6 is 0 Å². The van der Waals surface area contributed by atoms with E-state index < -0.39 is 28.7 Å². The first-order valence-corrected chi connectivity index (χ1v) is 6.10. The van der Waals surface area contributed by atoms with E-state index in [1.807, 2.05) is 0 Å². The normalized spacial score (nSPS) is 28.3. The van der Waals surface area contributed by atoms with Crippen molar-refractivity contribution in [3.05, 3.63) is 0 Å². The van der Waals surface area contributed by atoms with Crippen molar-refractivity contribution in [1.82, 2.24) is 0 Å². The minimum atomic E-state index is -4.68. The summed E-state index contributed by atoms with van der Waals surface area (Å²) in [6.45, 7) is 0. The van der Waals surface area contributed by atoms with Crippen LogP contribution in [0.25, 0.3) is 0 Å². The molecule has 0 radical (unpaired) electrons. The lowest BCUT2D eigenvalue weighted by Crippen LogP contribution is -2.23. The molecule has 2 atom stereocenters. The van der Waals surface area contributed by atoms with E-state index in [9.17, 15) is 21.6 Å². The first-order valence-electron chi connectivity index (χ1n) is 4.28. The number of hydrogen-bond donors (Lipinski definition) is 0. The molecule has 8 heteroatoms. The highest BCUT2D eigenvalue weighted by Gasteiger charge is 2.38. The maximum atomic E-state index is 11.8. The van der Waals surface area contributed by atoms with E-state index in [-0.39, 0.29) is 19.3 Å². The molecule has 0 spiro atoms. The summed E-state index contributed by atoms with van der Waals surface area (Å²) in [6.07, 6.45) is -5.15. The van der Waals surface area contributed by atoms with Crippen molar-refractivity contribution in [2.45, 2.75) is 37.8 Å². The van der Waals surface area contributed by atoms with Crippen molar-refractivity contribution in [1.29, 1.82) is 0 Å². The fourth-order valence-electron chi connectivity index (χ4n) is 1.53. The van der Waals surface area contributed by atoms with Gasteiger partial charge in [-0.3, -0.25) is 8.92 Å². The SMILES string of the molecule is CS(=O)(=O)OC1CCC(OC(F)(F)F)C1. The first-order chi connectivity index (χ1) is 6.66. The second kappa shape index (κ2) is 4.26. The molecule has 1 fully saturated rings. The molecule has 0 saturated heterocycles. The van der Waals surface area contributed by atoms with Crippen molar-refractivity contribution in [2.75, 3.05) is 6.26 Å². The van der Waals surface area contributed by atoms with Crippen LogP contribution in [0.1, 0.15) is 19.3 Å². The van der Waals surface area contributed by atoms with Crippen LogP contribution in [0, 0.1) is 0 Å². The van der Waals surface area contributed by atoms with Crippen molar-refractivity contribution >= 4 is 10.1 Å². The number of halogens is 3. The number of ether oxygens (including phenoxy) is 1. The summed E-state index contributed by atoms with van der Waals surface area (Å²) in [4.78, 5) is 0. The van der Waals surface area contributed by atoms with Crippen LogP contribution in [0.4, 0.5) is 13.2 Å². The van der Waals surface area contributed by atoms with Crippen LogP contribution in [0.5, 0.6) is 0 Å². The predicted molar refractivity (Wildman–Crippen MR) is 44.5 cm³/mol. The van der Waals surface area contributed by atoms with E-state index in [0.717, 1.165) is 6.26 Å². The summed E-state index contributed by atoms with van der Waals surface area (Å²) in [5.41, 5.74) is 0. The van der Waals surface area contributed by atoms with Crippen molar-refractivity contribution in [3.63, 3.8) is 0 Å². The summed E-state index contributed by atoms with van der Waals surface area (Å²) in [5.74, 6) is 0. The van der Waals surface area contributed by atoms with Crippen LogP contribution in [-0.2, 0) is 19.0 Å². The highest BCUT2D eigenvalue weighted by molar-refractivity contribution is 7.86. The molecular weight excluding hydrogens is 237 g/mol. The fraction of sp³-hybridized carbons (Fsp3) is 1.00. The molecule has 15 heavy (non-hydrogen) atoms. The molecule has 0 aromatic heterocycles. The molecule has 0 amide bonds. The van der Waals surface area contributed by atoms with Gasteiger partial charge in [0, 0.05) is 6.42 Å². The Morgan fingerprint density at radius 1 is 1.20 bits per heavy atom. The summed E-state index contributed by atoms with van der Waals surface area (Å²) >= 11 is 0. The number of alkyl halides is 3. The molecule has 0 aromatic carbocycles. The lowest BCUT2D eigenvalue weighted by Gasteiger charge is -2.14. The quantitative estimate of drug-likeness (QED) is 0.709. The summed E-state index contributed by atoms with van der Waals surface area (Å²) in [5, 5.41) is 0. The molecule has 1 aliphatic carbocycles. The van der Waals surface area contributed by atoms with Crippen LogP contribution in [-0.4, -0.2) is 33.2 Å². The topological polar surface area (TPSA) is 52.6 Å². The predicted octanol–water partition coefficient (Wildman–Crippen LogP) is 1.42. The second-order valence-corrected chi connectivity index (χ2v) is 5.02. The van der Waals surface area contributed by atoms with Crippen molar-refractivity contribution in [3.8, 4) is 0 Å². The number of rotatable bonds is 3. The average Bonchev–Trinajstić information content (AvgIpc) is 2.28. The first kappa shape index (κ1) is 12.7. The van der Waals surface area contributed by atoms with Gasteiger partial charge in [0.1, 0.15) is 0 Å². The Balaban J connectivity index is 2.40. The van der Waals surface area contributed by atoms with Gasteiger partial charge in [-0.15, -0.1) is 13.2 Å². The van der Waals surface area contributed by atoms with Gasteiger partial charge in [-0.2, -0.15) is 8.42 Å². The Bertz CT molecular complexity index is 311. The molecule has 90 valence electrons. The Morgan fingerprint density at radius 2 is 1.73 bits per heavy atom. The molecule has 0 aromatic rings. The Morgan fingerprint density at radius 3 is 2.20 bits per heavy atom. The van der Waals surface area contributed by atoms with Gasteiger partial charge < -0.3 is 0 Å². The van der Waals surface area contributed by atoms with Gasteiger partial charge in [0.2, 0.25) is 0 Å². The van der Waals surface area contributed by atoms with Crippen LogP contribution in [0.15, 0.2) is 0 Å². The molecule has 1 aliphatic rings. The largest absolute Gasteiger partial charge is 0.522 e. The summed E-state index contributed by atoms with van der Waals surface area (Å²) < 4.78 is 65.1. The average molecular weight is 248 g/mol. The summed E-state index contributed by atoms with van der Waals surface area (Å²) in [6, 6.07) is 0. The van der Waals surface area contributed by atoms with E-state index in [1.54, 1.807) is 0 Å². The van der Waals surface area contributed by atoms with Gasteiger partial charge in [-0.1, -0.05) is 0 Å². The third-order valence-corrected chi connectivity index (χ3v) is 2.57. The summed E-state index contributed by atoms with van der Waals surface area (Å²) in [7, 11) is -3.61. The Kier molecular flexibility index (Phi) is 3.62. The molecule has 0 heterocycles. The van der Waals surface area contributed by atoms with Gasteiger partial charge in [-0.25, -0.2) is 0 Å². The molecule has 4 nitrogen and oxygen atoms in total. The smallest absolute Gasteiger partial charge is 0.288 e. The van der Waals surface area contributed by atoms with Gasteiger partial charge in [0.05, 0.1) is 18.5 Å². The highest BCUT2D eigenvalue weighted by atomic mass is 32.2. The van der Waals surface area contributed by atoms with Gasteiger partial charge in [0.15, 0.2) is 0 Å². The van der Waals surface area contributed by atoms with Gasteiger partial charge in [-0.05, 0) is 12.8 Å². The molecular formula is C7H11F3O4S. The fourth-order valence-corrected chi connectivity index (χ4v) is 2.20. The van der Waals surface area contributed by atoms with Crippen molar-refractivity contribution < 1.29 is 30.5 Å². The molecule has 0 bridgehead atoms. The molecule has 0 N–H and O–H groups in total. The Labute approximate surface area is 85.5 Å². The maximum Gasteiger partial charge on any atom is 0.522 e. The number of hydrogen-bond acceptors (Lipinski definition) is 4. The third-order valence-electron chi connectivity index (χ3n) is 1.95. The minimum Gasteiger partial charge on any atom is -0.288 e.